The molecule has 4 rings (SSSR count). The molecule has 1 fully saturated rings. The van der Waals surface area contributed by atoms with Crippen molar-refractivity contribution >= 4 is 29.3 Å². The zero-order chi connectivity index (χ0) is 21.3. The molecule has 0 bridgehead atoms. The van der Waals surface area contributed by atoms with Crippen molar-refractivity contribution in [2.75, 3.05) is 18.5 Å². The maximum Gasteiger partial charge on any atom is 0.407 e. The van der Waals surface area contributed by atoms with E-state index >= 15 is 0 Å². The second-order valence-corrected chi connectivity index (χ2v) is 7.60. The summed E-state index contributed by atoms with van der Waals surface area (Å²) in [6, 6.07) is 5.82. The molecule has 0 saturated carbocycles. The Balaban J connectivity index is 1.50. The third-order valence-corrected chi connectivity index (χ3v) is 5.50. The van der Waals surface area contributed by atoms with Crippen LogP contribution in [-0.2, 0) is 15.9 Å². The van der Waals surface area contributed by atoms with Gasteiger partial charge >= 0.3 is 6.09 Å². The average Bonchev–Trinajstić information content (AvgIpc) is 3.35. The first-order valence-corrected chi connectivity index (χ1v) is 9.92. The SMILES string of the molecule is O=C(N[C@H]1CCc2c(C(=O)Nc3ccc(F)c(Cl)c3)ccc(F)c21)O[C@@H]1CCOC1. The molecule has 2 aromatic rings. The number of amides is 2. The van der Waals surface area contributed by atoms with E-state index < -0.39 is 29.7 Å². The topological polar surface area (TPSA) is 76.7 Å². The lowest BCUT2D eigenvalue weighted by atomic mass is 10.0. The summed E-state index contributed by atoms with van der Waals surface area (Å²) >= 11 is 5.75. The highest BCUT2D eigenvalue weighted by molar-refractivity contribution is 6.31. The summed E-state index contributed by atoms with van der Waals surface area (Å²) in [6.45, 7) is 0.886. The van der Waals surface area contributed by atoms with Crippen LogP contribution in [0.2, 0.25) is 5.02 Å². The number of hydrogen-bond donors (Lipinski definition) is 2. The molecule has 1 aliphatic carbocycles. The smallest absolute Gasteiger partial charge is 0.407 e. The number of alkyl carbamates (subject to hydrolysis) is 1. The van der Waals surface area contributed by atoms with Crippen LogP contribution in [0, 0.1) is 11.6 Å². The van der Waals surface area contributed by atoms with Gasteiger partial charge < -0.3 is 20.1 Å². The Kier molecular flexibility index (Phi) is 5.87. The zero-order valence-electron chi connectivity index (χ0n) is 15.8. The molecule has 30 heavy (non-hydrogen) atoms. The summed E-state index contributed by atoms with van der Waals surface area (Å²) in [4.78, 5) is 24.9. The van der Waals surface area contributed by atoms with Crippen molar-refractivity contribution in [3.05, 3.63) is 63.7 Å². The van der Waals surface area contributed by atoms with Gasteiger partial charge in [-0.05, 0) is 48.7 Å². The Bertz CT molecular complexity index is 995. The predicted octanol–water partition coefficient (Wildman–Crippen LogP) is 4.37. The van der Waals surface area contributed by atoms with Gasteiger partial charge in [0.25, 0.3) is 5.91 Å². The number of anilines is 1. The molecule has 6 nitrogen and oxygen atoms in total. The van der Waals surface area contributed by atoms with E-state index in [-0.39, 0.29) is 22.3 Å². The lowest BCUT2D eigenvalue weighted by Gasteiger charge is -2.17. The highest BCUT2D eigenvalue weighted by atomic mass is 35.5. The van der Waals surface area contributed by atoms with Crippen LogP contribution in [0.15, 0.2) is 30.3 Å². The van der Waals surface area contributed by atoms with Gasteiger partial charge in [-0.1, -0.05) is 11.6 Å². The molecule has 2 aromatic carbocycles. The summed E-state index contributed by atoms with van der Waals surface area (Å²) < 4.78 is 38.3. The van der Waals surface area contributed by atoms with Crippen LogP contribution < -0.4 is 10.6 Å². The fraction of sp³-hybridized carbons (Fsp3) is 0.333. The zero-order valence-corrected chi connectivity index (χ0v) is 16.6. The standard InChI is InChI=1S/C21H19ClF2N2O4/c22-15-9-11(1-4-16(15)23)25-20(27)14-2-5-17(24)19-13(14)3-6-18(19)26-21(28)30-12-7-8-29-10-12/h1-2,4-5,9,12,18H,3,6-8,10H2,(H,25,27)(H,26,28)/t12-,18+/m1/s1. The van der Waals surface area contributed by atoms with Crippen LogP contribution in [0.3, 0.4) is 0 Å². The van der Waals surface area contributed by atoms with Gasteiger partial charge in [0.2, 0.25) is 0 Å². The minimum atomic E-state index is -0.640. The third-order valence-electron chi connectivity index (χ3n) is 5.21. The van der Waals surface area contributed by atoms with Crippen molar-refractivity contribution in [1.82, 2.24) is 5.32 Å². The second kappa shape index (κ2) is 8.57. The molecule has 2 N–H and O–H groups in total. The minimum absolute atomic E-state index is 0.118. The highest BCUT2D eigenvalue weighted by Gasteiger charge is 2.32. The lowest BCUT2D eigenvalue weighted by Crippen LogP contribution is -2.32. The average molecular weight is 437 g/mol. The highest BCUT2D eigenvalue weighted by Crippen LogP contribution is 2.36. The number of rotatable bonds is 4. The fourth-order valence-corrected chi connectivity index (χ4v) is 3.96. The first-order chi connectivity index (χ1) is 14.4. The van der Waals surface area contributed by atoms with Gasteiger partial charge in [0, 0.05) is 23.2 Å². The van der Waals surface area contributed by atoms with Crippen LogP contribution in [-0.4, -0.2) is 31.3 Å². The number of benzene rings is 2. The summed E-state index contributed by atoms with van der Waals surface area (Å²) in [5.74, 6) is -1.57. The van der Waals surface area contributed by atoms with Gasteiger partial charge in [-0.2, -0.15) is 0 Å². The summed E-state index contributed by atoms with van der Waals surface area (Å²) in [5.41, 5.74) is 1.41. The van der Waals surface area contributed by atoms with E-state index in [0.717, 1.165) is 6.07 Å². The molecule has 2 aliphatic rings. The van der Waals surface area contributed by atoms with E-state index in [1.165, 1.54) is 24.3 Å². The second-order valence-electron chi connectivity index (χ2n) is 7.20. The molecule has 1 saturated heterocycles. The first kappa shape index (κ1) is 20.6. The maximum absolute atomic E-state index is 14.6. The quantitative estimate of drug-likeness (QED) is 0.746. The van der Waals surface area contributed by atoms with Crippen LogP contribution in [0.1, 0.15) is 40.4 Å². The van der Waals surface area contributed by atoms with Crippen molar-refractivity contribution in [2.24, 2.45) is 0 Å². The van der Waals surface area contributed by atoms with Gasteiger partial charge in [0.05, 0.1) is 24.3 Å². The largest absolute Gasteiger partial charge is 0.444 e. The van der Waals surface area contributed by atoms with Crippen LogP contribution >= 0.6 is 11.6 Å². The van der Waals surface area contributed by atoms with Crippen molar-refractivity contribution in [3.8, 4) is 0 Å². The van der Waals surface area contributed by atoms with Gasteiger partial charge in [-0.15, -0.1) is 0 Å². The first-order valence-electron chi connectivity index (χ1n) is 9.55. The number of halogens is 3. The Labute approximate surface area is 176 Å². The molecule has 9 heteroatoms. The Morgan fingerprint density at radius 3 is 2.67 bits per heavy atom. The van der Waals surface area contributed by atoms with E-state index in [1.54, 1.807) is 0 Å². The van der Waals surface area contributed by atoms with E-state index in [4.69, 9.17) is 21.1 Å². The fourth-order valence-electron chi connectivity index (χ4n) is 3.78. The molecule has 1 heterocycles. The molecule has 1 aliphatic heterocycles. The van der Waals surface area contributed by atoms with Crippen molar-refractivity contribution in [3.63, 3.8) is 0 Å². The molecule has 0 spiro atoms. The number of carbonyl (C=O) groups is 2. The van der Waals surface area contributed by atoms with E-state index in [2.05, 4.69) is 10.6 Å². The molecule has 0 radical (unpaired) electrons. The third kappa shape index (κ3) is 4.24. The number of ether oxygens (including phenoxy) is 2. The summed E-state index contributed by atoms with van der Waals surface area (Å²) in [6.07, 6.45) is 0.530. The number of hydrogen-bond acceptors (Lipinski definition) is 4. The Morgan fingerprint density at radius 1 is 1.13 bits per heavy atom. The maximum atomic E-state index is 14.6. The summed E-state index contributed by atoms with van der Waals surface area (Å²) in [5, 5.41) is 5.21. The monoisotopic (exact) mass is 436 g/mol. The Hall–Kier alpha value is -2.71. The van der Waals surface area contributed by atoms with E-state index in [9.17, 15) is 18.4 Å². The van der Waals surface area contributed by atoms with Crippen molar-refractivity contribution in [2.45, 2.75) is 31.4 Å². The molecule has 2 atom stereocenters. The van der Waals surface area contributed by atoms with Crippen molar-refractivity contribution < 1.29 is 27.8 Å². The molecule has 158 valence electrons. The normalized spacial score (nSPS) is 20.0. The summed E-state index contributed by atoms with van der Waals surface area (Å²) in [7, 11) is 0. The van der Waals surface area contributed by atoms with E-state index in [0.29, 0.717) is 43.7 Å². The molecule has 0 aromatic heterocycles. The van der Waals surface area contributed by atoms with Crippen molar-refractivity contribution in [1.29, 1.82) is 0 Å². The van der Waals surface area contributed by atoms with Gasteiger partial charge in [-0.3, -0.25) is 4.79 Å². The molecular weight excluding hydrogens is 418 g/mol. The van der Waals surface area contributed by atoms with Crippen LogP contribution in [0.4, 0.5) is 19.3 Å². The van der Waals surface area contributed by atoms with Crippen LogP contribution in [0.5, 0.6) is 0 Å². The lowest BCUT2D eigenvalue weighted by molar-refractivity contribution is 0.0807. The predicted molar refractivity (Wildman–Crippen MR) is 106 cm³/mol. The number of carbonyl (C=O) groups excluding carboxylic acids is 2. The minimum Gasteiger partial charge on any atom is -0.444 e. The van der Waals surface area contributed by atoms with Crippen LogP contribution in [0.25, 0.3) is 0 Å². The Morgan fingerprint density at radius 2 is 1.93 bits per heavy atom. The molecular formula is C21H19ClF2N2O4. The van der Waals surface area contributed by atoms with E-state index in [1.807, 2.05) is 0 Å². The number of nitrogens with one attached hydrogen (secondary N) is 2. The number of fused-ring (bicyclic) bond motifs is 1. The van der Waals surface area contributed by atoms with Gasteiger partial charge in [0.1, 0.15) is 17.7 Å². The molecule has 2 amide bonds. The molecule has 0 unspecified atom stereocenters. The van der Waals surface area contributed by atoms with Gasteiger partial charge in [-0.25, -0.2) is 13.6 Å². The van der Waals surface area contributed by atoms with Gasteiger partial charge in [0.15, 0.2) is 0 Å².